The van der Waals surface area contributed by atoms with Gasteiger partial charge in [-0.2, -0.15) is 0 Å². The van der Waals surface area contributed by atoms with Crippen LogP contribution in [0.3, 0.4) is 0 Å². The summed E-state index contributed by atoms with van der Waals surface area (Å²) in [7, 11) is -3.43. The number of hydrogen-bond donors (Lipinski definition) is 2. The number of benzene rings is 1. The van der Waals surface area contributed by atoms with Crippen LogP contribution in [-0.4, -0.2) is 56.7 Å². The number of amides is 1. The lowest BCUT2D eigenvalue weighted by Crippen LogP contribution is -2.56. The van der Waals surface area contributed by atoms with E-state index in [0.29, 0.717) is 13.0 Å². The number of nitrogens with one attached hydrogen (secondary N) is 2. The molecule has 2 saturated heterocycles. The number of hydrogen-bond acceptors (Lipinski definition) is 5. The predicted molar refractivity (Wildman–Crippen MR) is 93.8 cm³/mol. The summed E-state index contributed by atoms with van der Waals surface area (Å²) in [6.07, 6.45) is 2.26. The van der Waals surface area contributed by atoms with Crippen molar-refractivity contribution in [3.05, 3.63) is 24.0 Å². The fourth-order valence-corrected chi connectivity index (χ4v) is 4.45. The number of rotatable bonds is 5. The number of sulfone groups is 1. The normalized spacial score (nSPS) is 24.6. The molecule has 2 N–H and O–H groups in total. The molecule has 1 unspecified atom stereocenters. The molecule has 0 radical (unpaired) electrons. The molecule has 8 heteroatoms. The van der Waals surface area contributed by atoms with Gasteiger partial charge < -0.3 is 15.5 Å². The zero-order valence-corrected chi connectivity index (χ0v) is 15.1. The van der Waals surface area contributed by atoms with Gasteiger partial charge in [0.15, 0.2) is 9.84 Å². The van der Waals surface area contributed by atoms with Crippen molar-refractivity contribution in [3.63, 3.8) is 0 Å². The molecule has 1 aromatic carbocycles. The fourth-order valence-electron chi connectivity index (χ4n) is 3.56. The van der Waals surface area contributed by atoms with Crippen LogP contribution in [0.1, 0.15) is 26.2 Å². The molecule has 2 aliphatic heterocycles. The van der Waals surface area contributed by atoms with E-state index in [9.17, 15) is 17.6 Å². The summed E-state index contributed by atoms with van der Waals surface area (Å²) in [6.45, 7) is 3.73. The van der Waals surface area contributed by atoms with Crippen molar-refractivity contribution in [2.45, 2.75) is 43.2 Å². The van der Waals surface area contributed by atoms with Gasteiger partial charge >= 0.3 is 0 Å². The third-order valence-electron chi connectivity index (χ3n) is 4.98. The molecule has 0 aromatic heterocycles. The minimum atomic E-state index is -3.43. The monoisotopic (exact) mass is 369 g/mol. The van der Waals surface area contributed by atoms with E-state index >= 15 is 0 Å². The van der Waals surface area contributed by atoms with Crippen molar-refractivity contribution in [2.75, 3.05) is 30.7 Å². The highest BCUT2D eigenvalue weighted by Gasteiger charge is 2.35. The second-order valence-electron chi connectivity index (χ2n) is 6.55. The van der Waals surface area contributed by atoms with E-state index in [1.54, 1.807) is 0 Å². The Balaban J connectivity index is 1.79. The van der Waals surface area contributed by atoms with Crippen LogP contribution in [0.5, 0.6) is 0 Å². The summed E-state index contributed by atoms with van der Waals surface area (Å²) in [5.41, 5.74) is 0.264. The van der Waals surface area contributed by atoms with Crippen LogP contribution in [0, 0.1) is 5.82 Å². The molecule has 0 bridgehead atoms. The van der Waals surface area contributed by atoms with Gasteiger partial charge in [-0.05, 0) is 37.6 Å². The maximum absolute atomic E-state index is 14.4. The van der Waals surface area contributed by atoms with Gasteiger partial charge in [0.1, 0.15) is 5.82 Å². The predicted octanol–water partition coefficient (Wildman–Crippen LogP) is 1.38. The van der Waals surface area contributed by atoms with Crippen LogP contribution < -0.4 is 10.6 Å². The van der Waals surface area contributed by atoms with Gasteiger partial charge in [-0.3, -0.25) is 4.79 Å². The zero-order chi connectivity index (χ0) is 18.0. The van der Waals surface area contributed by atoms with E-state index in [1.165, 1.54) is 19.1 Å². The van der Waals surface area contributed by atoms with Crippen molar-refractivity contribution in [1.29, 1.82) is 0 Å². The van der Waals surface area contributed by atoms with Crippen LogP contribution in [-0.2, 0) is 14.6 Å². The molecule has 0 saturated carbocycles. The Morgan fingerprint density at radius 3 is 2.84 bits per heavy atom. The molecule has 0 aliphatic carbocycles. The molecule has 3 rings (SSSR count). The average Bonchev–Trinajstić information content (AvgIpc) is 3.03. The van der Waals surface area contributed by atoms with Gasteiger partial charge in [0, 0.05) is 19.5 Å². The smallest absolute Gasteiger partial charge is 0.222 e. The number of piperidine rings is 1. The molecular weight excluding hydrogens is 345 g/mol. The summed E-state index contributed by atoms with van der Waals surface area (Å²) in [5.74, 6) is -0.500. The summed E-state index contributed by atoms with van der Waals surface area (Å²) in [5, 5.41) is 6.44. The maximum atomic E-state index is 14.4. The molecule has 1 aromatic rings. The van der Waals surface area contributed by atoms with E-state index < -0.39 is 15.7 Å². The summed E-state index contributed by atoms with van der Waals surface area (Å²) in [6, 6.07) is 3.87. The minimum Gasteiger partial charge on any atom is -0.377 e. The van der Waals surface area contributed by atoms with Crippen molar-refractivity contribution in [1.82, 2.24) is 10.2 Å². The van der Waals surface area contributed by atoms with Crippen molar-refractivity contribution in [2.24, 2.45) is 0 Å². The van der Waals surface area contributed by atoms with Crippen molar-refractivity contribution >= 4 is 21.4 Å². The van der Waals surface area contributed by atoms with Gasteiger partial charge in [-0.15, -0.1) is 0 Å². The molecule has 2 heterocycles. The molecule has 2 fully saturated rings. The highest BCUT2D eigenvalue weighted by atomic mass is 32.2. The Labute approximate surface area is 147 Å². The molecule has 0 spiro atoms. The summed E-state index contributed by atoms with van der Waals surface area (Å²) >= 11 is 0. The summed E-state index contributed by atoms with van der Waals surface area (Å²) < 4.78 is 38.2. The molecule has 138 valence electrons. The molecule has 1 amide bonds. The molecule has 2 aliphatic rings. The quantitative estimate of drug-likeness (QED) is 0.820. The largest absolute Gasteiger partial charge is 0.377 e. The van der Waals surface area contributed by atoms with Crippen molar-refractivity contribution < 1.29 is 17.6 Å². The lowest BCUT2D eigenvalue weighted by atomic mass is 9.98. The van der Waals surface area contributed by atoms with Crippen LogP contribution in [0.2, 0.25) is 0 Å². The number of anilines is 1. The first-order valence-corrected chi connectivity index (χ1v) is 10.4. The van der Waals surface area contributed by atoms with Gasteiger partial charge in [-0.25, -0.2) is 12.8 Å². The standard InChI is InChI=1S/C17H24FN3O3S/c1-2-25(23,24)12-5-6-14(13(18)10-12)20-15-11-19-8-7-16(15)21-9-3-4-17(21)22/h5-6,10,15-16,19-20H,2-4,7-9,11H2,1H3/t15-,16?/m1/s1. The van der Waals surface area contributed by atoms with Crippen LogP contribution >= 0.6 is 0 Å². The lowest BCUT2D eigenvalue weighted by Gasteiger charge is -2.39. The minimum absolute atomic E-state index is 0.00825. The zero-order valence-electron chi connectivity index (χ0n) is 14.3. The number of carbonyl (C=O) groups excluding carboxylic acids is 1. The van der Waals surface area contributed by atoms with Gasteiger partial charge in [0.25, 0.3) is 0 Å². The highest BCUT2D eigenvalue weighted by Crippen LogP contribution is 2.25. The third-order valence-corrected chi connectivity index (χ3v) is 6.71. The summed E-state index contributed by atoms with van der Waals surface area (Å²) in [4.78, 5) is 14.0. The molecule has 2 atom stereocenters. The Hall–Kier alpha value is -1.67. The Bertz CT molecular complexity index is 754. The van der Waals surface area contributed by atoms with Gasteiger partial charge in [0.05, 0.1) is 28.4 Å². The Morgan fingerprint density at radius 1 is 1.40 bits per heavy atom. The third kappa shape index (κ3) is 3.79. The first-order valence-electron chi connectivity index (χ1n) is 8.71. The second kappa shape index (κ2) is 7.29. The SMILES string of the molecule is CCS(=O)(=O)c1ccc(N[C@@H]2CNCCC2N2CCCC2=O)c(F)c1. The number of carbonyl (C=O) groups is 1. The van der Waals surface area contributed by atoms with Crippen LogP contribution in [0.25, 0.3) is 0 Å². The molecular formula is C17H24FN3O3S. The number of nitrogens with zero attached hydrogens (tertiary/aromatic N) is 1. The van der Waals surface area contributed by atoms with E-state index in [-0.39, 0.29) is 34.3 Å². The first kappa shape index (κ1) is 18.1. The van der Waals surface area contributed by atoms with E-state index in [1.807, 2.05) is 4.90 Å². The maximum Gasteiger partial charge on any atom is 0.222 e. The number of likely N-dealkylation sites (tertiary alicyclic amines) is 1. The first-order chi connectivity index (χ1) is 11.9. The second-order valence-corrected chi connectivity index (χ2v) is 8.82. The van der Waals surface area contributed by atoms with E-state index in [4.69, 9.17) is 0 Å². The average molecular weight is 369 g/mol. The lowest BCUT2D eigenvalue weighted by molar-refractivity contribution is -0.130. The van der Waals surface area contributed by atoms with Crippen LogP contribution in [0.15, 0.2) is 23.1 Å². The van der Waals surface area contributed by atoms with Crippen molar-refractivity contribution in [3.8, 4) is 0 Å². The van der Waals surface area contributed by atoms with Gasteiger partial charge in [0.2, 0.25) is 5.91 Å². The van der Waals surface area contributed by atoms with E-state index in [0.717, 1.165) is 32.0 Å². The molecule has 6 nitrogen and oxygen atoms in total. The fraction of sp³-hybridized carbons (Fsp3) is 0.588. The van der Waals surface area contributed by atoms with Gasteiger partial charge in [-0.1, -0.05) is 6.92 Å². The Morgan fingerprint density at radius 2 is 2.20 bits per heavy atom. The van der Waals surface area contributed by atoms with E-state index in [2.05, 4.69) is 10.6 Å². The Kier molecular flexibility index (Phi) is 5.29. The highest BCUT2D eigenvalue weighted by molar-refractivity contribution is 7.91. The van der Waals surface area contributed by atoms with Crippen LogP contribution in [0.4, 0.5) is 10.1 Å². The number of halogens is 1. The molecule has 25 heavy (non-hydrogen) atoms. The topological polar surface area (TPSA) is 78.5 Å².